The highest BCUT2D eigenvalue weighted by Crippen LogP contribution is 2.10. The molecule has 0 spiro atoms. The van der Waals surface area contributed by atoms with Crippen LogP contribution in [-0.2, 0) is 11.8 Å². The van der Waals surface area contributed by atoms with Crippen LogP contribution in [0, 0.1) is 0 Å². The molecule has 0 amide bonds. The predicted molar refractivity (Wildman–Crippen MR) is 91.2 cm³/mol. The fourth-order valence-corrected chi connectivity index (χ4v) is 2.26. The second kappa shape index (κ2) is 6.33. The minimum atomic E-state index is -1.18. The number of carbonyl (C=O) groups is 1. The molecular formula is C17H14N4O3. The van der Waals surface area contributed by atoms with Gasteiger partial charge in [-0.2, -0.15) is 5.10 Å². The maximum absolute atomic E-state index is 12.3. The van der Waals surface area contributed by atoms with Crippen molar-refractivity contribution < 1.29 is 9.90 Å². The van der Waals surface area contributed by atoms with Crippen LogP contribution >= 0.6 is 0 Å². The number of hydrogen-bond donors (Lipinski definition) is 2. The third-order valence-corrected chi connectivity index (χ3v) is 3.50. The van der Waals surface area contributed by atoms with E-state index in [0.717, 1.165) is 0 Å². The first-order valence-electron chi connectivity index (χ1n) is 7.16. The van der Waals surface area contributed by atoms with E-state index in [9.17, 15) is 14.7 Å². The Balaban J connectivity index is 2.04. The third kappa shape index (κ3) is 2.87. The number of hydrogen-bond acceptors (Lipinski definition) is 5. The molecule has 0 unspecified atom stereocenters. The second-order valence-corrected chi connectivity index (χ2v) is 5.06. The largest absolute Gasteiger partial charge is 0.476 e. The molecule has 3 rings (SSSR count). The molecule has 3 aromatic rings. The van der Waals surface area contributed by atoms with Crippen LogP contribution in [0.25, 0.3) is 10.9 Å². The lowest BCUT2D eigenvalue weighted by Crippen LogP contribution is -2.22. The highest BCUT2D eigenvalue weighted by Gasteiger charge is 2.13. The SMILES string of the molecule is Cn1c(N/N=C(\C(=O)O)c2ccccc2)nc2ccccc2c1=O. The van der Waals surface area contributed by atoms with E-state index in [2.05, 4.69) is 15.5 Å². The lowest BCUT2D eigenvalue weighted by atomic mass is 10.1. The van der Waals surface area contributed by atoms with Crippen molar-refractivity contribution in [2.45, 2.75) is 0 Å². The van der Waals surface area contributed by atoms with Crippen LogP contribution in [0.5, 0.6) is 0 Å². The fourth-order valence-electron chi connectivity index (χ4n) is 2.26. The van der Waals surface area contributed by atoms with Crippen LogP contribution in [-0.4, -0.2) is 26.3 Å². The highest BCUT2D eigenvalue weighted by atomic mass is 16.4. The van der Waals surface area contributed by atoms with Gasteiger partial charge >= 0.3 is 5.97 Å². The molecule has 0 aliphatic carbocycles. The summed E-state index contributed by atoms with van der Waals surface area (Å²) in [7, 11) is 1.54. The average molecular weight is 322 g/mol. The van der Waals surface area contributed by atoms with Crippen molar-refractivity contribution in [1.29, 1.82) is 0 Å². The summed E-state index contributed by atoms with van der Waals surface area (Å²) in [5, 5.41) is 13.7. The molecule has 0 saturated carbocycles. The van der Waals surface area contributed by atoms with E-state index < -0.39 is 5.97 Å². The van der Waals surface area contributed by atoms with Crippen molar-refractivity contribution in [3.63, 3.8) is 0 Å². The van der Waals surface area contributed by atoms with Gasteiger partial charge < -0.3 is 5.11 Å². The Kier molecular flexibility index (Phi) is 4.07. The molecule has 0 saturated heterocycles. The summed E-state index contributed by atoms with van der Waals surface area (Å²) in [4.78, 5) is 28.1. The number of hydrazone groups is 1. The van der Waals surface area contributed by atoms with Gasteiger partial charge in [-0.15, -0.1) is 0 Å². The zero-order valence-electron chi connectivity index (χ0n) is 12.8. The van der Waals surface area contributed by atoms with Gasteiger partial charge in [-0.1, -0.05) is 42.5 Å². The number of rotatable bonds is 4. The van der Waals surface area contributed by atoms with Crippen LogP contribution < -0.4 is 11.0 Å². The monoisotopic (exact) mass is 322 g/mol. The zero-order valence-corrected chi connectivity index (χ0v) is 12.8. The van der Waals surface area contributed by atoms with E-state index in [4.69, 9.17) is 0 Å². The number of aliphatic carboxylic acids is 1. The van der Waals surface area contributed by atoms with Crippen LogP contribution in [0.15, 0.2) is 64.5 Å². The number of nitrogens with zero attached hydrogens (tertiary/aromatic N) is 3. The van der Waals surface area contributed by atoms with Crippen molar-refractivity contribution >= 4 is 28.5 Å². The Morgan fingerprint density at radius 1 is 1.12 bits per heavy atom. The summed E-state index contributed by atoms with van der Waals surface area (Å²) in [6.07, 6.45) is 0. The first kappa shape index (κ1) is 15.4. The molecule has 24 heavy (non-hydrogen) atoms. The highest BCUT2D eigenvalue weighted by molar-refractivity contribution is 6.42. The fraction of sp³-hybridized carbons (Fsp3) is 0.0588. The van der Waals surface area contributed by atoms with E-state index in [1.54, 1.807) is 61.6 Å². The van der Waals surface area contributed by atoms with Gasteiger partial charge in [0.05, 0.1) is 10.9 Å². The normalized spacial score (nSPS) is 11.5. The van der Waals surface area contributed by atoms with Gasteiger partial charge in [-0.05, 0) is 12.1 Å². The summed E-state index contributed by atoms with van der Waals surface area (Å²) in [5.41, 5.74) is 3.13. The molecule has 7 nitrogen and oxygen atoms in total. The minimum Gasteiger partial charge on any atom is -0.476 e. The van der Waals surface area contributed by atoms with Gasteiger partial charge in [-0.25, -0.2) is 15.2 Å². The lowest BCUT2D eigenvalue weighted by molar-refractivity contribution is -0.129. The van der Waals surface area contributed by atoms with E-state index in [0.29, 0.717) is 16.5 Å². The van der Waals surface area contributed by atoms with Gasteiger partial charge in [0.2, 0.25) is 5.95 Å². The number of nitrogens with one attached hydrogen (secondary N) is 1. The minimum absolute atomic E-state index is 0.161. The van der Waals surface area contributed by atoms with Crippen molar-refractivity contribution in [3.8, 4) is 0 Å². The van der Waals surface area contributed by atoms with Crippen molar-refractivity contribution in [2.75, 3.05) is 5.43 Å². The summed E-state index contributed by atoms with van der Waals surface area (Å²) < 4.78 is 1.29. The molecule has 0 bridgehead atoms. The second-order valence-electron chi connectivity index (χ2n) is 5.06. The van der Waals surface area contributed by atoms with Crippen molar-refractivity contribution in [2.24, 2.45) is 12.1 Å². The third-order valence-electron chi connectivity index (χ3n) is 3.50. The molecular weight excluding hydrogens is 308 g/mol. The summed E-state index contributed by atoms with van der Waals surface area (Å²) in [5.74, 6) is -1.02. The molecule has 7 heteroatoms. The number of anilines is 1. The molecule has 0 atom stereocenters. The van der Waals surface area contributed by atoms with Crippen molar-refractivity contribution in [3.05, 3.63) is 70.5 Å². The van der Waals surface area contributed by atoms with Crippen LogP contribution in [0.4, 0.5) is 5.95 Å². The summed E-state index contributed by atoms with van der Waals surface area (Å²) in [6, 6.07) is 15.4. The Morgan fingerprint density at radius 2 is 1.79 bits per heavy atom. The molecule has 1 heterocycles. The topological polar surface area (TPSA) is 96.6 Å². The Hall–Kier alpha value is -3.48. The van der Waals surface area contributed by atoms with E-state index in [1.165, 1.54) is 4.57 Å². The first-order valence-corrected chi connectivity index (χ1v) is 7.16. The quantitative estimate of drug-likeness (QED) is 0.564. The maximum atomic E-state index is 12.3. The van der Waals surface area contributed by atoms with Crippen LogP contribution in [0.1, 0.15) is 5.56 Å². The number of fused-ring (bicyclic) bond motifs is 1. The van der Waals surface area contributed by atoms with Gasteiger partial charge in [-0.3, -0.25) is 9.36 Å². The molecule has 2 aromatic carbocycles. The molecule has 0 fully saturated rings. The number of carboxylic acids is 1. The van der Waals surface area contributed by atoms with Gasteiger partial charge in [0, 0.05) is 12.6 Å². The summed E-state index contributed by atoms with van der Waals surface area (Å²) in [6.45, 7) is 0. The average Bonchev–Trinajstić information content (AvgIpc) is 2.60. The van der Waals surface area contributed by atoms with Crippen molar-refractivity contribution in [1.82, 2.24) is 9.55 Å². The number of carboxylic acid groups (broad SMARTS) is 1. The summed E-state index contributed by atoms with van der Waals surface area (Å²) >= 11 is 0. The van der Waals surface area contributed by atoms with Crippen LogP contribution in [0.2, 0.25) is 0 Å². The standard InChI is InChI=1S/C17H14N4O3/c1-21-15(22)12-9-5-6-10-13(12)18-17(21)20-19-14(16(23)24)11-7-3-2-4-8-11/h2-10H,1H3,(H,18,20)(H,23,24)/b19-14-. The van der Waals surface area contributed by atoms with E-state index in [1.807, 2.05) is 0 Å². The predicted octanol–water partition coefficient (Wildman–Crippen LogP) is 1.83. The lowest BCUT2D eigenvalue weighted by Gasteiger charge is -2.09. The molecule has 0 radical (unpaired) electrons. The zero-order chi connectivity index (χ0) is 17.1. The van der Waals surface area contributed by atoms with E-state index in [-0.39, 0.29) is 17.2 Å². The number of para-hydroxylation sites is 1. The molecule has 0 aliphatic heterocycles. The smallest absolute Gasteiger partial charge is 0.356 e. The Morgan fingerprint density at radius 3 is 2.50 bits per heavy atom. The number of benzene rings is 2. The van der Waals surface area contributed by atoms with Gasteiger partial charge in [0.25, 0.3) is 5.56 Å². The van der Waals surface area contributed by atoms with Crippen LogP contribution in [0.3, 0.4) is 0 Å². The molecule has 2 N–H and O–H groups in total. The Labute approximate surface area is 136 Å². The van der Waals surface area contributed by atoms with Gasteiger partial charge in [0.1, 0.15) is 0 Å². The van der Waals surface area contributed by atoms with E-state index >= 15 is 0 Å². The maximum Gasteiger partial charge on any atom is 0.356 e. The van der Waals surface area contributed by atoms with Gasteiger partial charge in [0.15, 0.2) is 5.71 Å². The Bertz CT molecular complexity index is 994. The molecule has 120 valence electrons. The number of aromatic nitrogens is 2. The first-order chi connectivity index (χ1) is 11.6. The molecule has 0 aliphatic rings. The molecule has 1 aromatic heterocycles.